The van der Waals surface area contributed by atoms with Crippen LogP contribution in [0.15, 0.2) is 22.7 Å². The maximum atomic E-state index is 12.4. The molecule has 2 rings (SSSR count). The van der Waals surface area contributed by atoms with Crippen molar-refractivity contribution in [3.8, 4) is 5.75 Å². The van der Waals surface area contributed by atoms with Gasteiger partial charge in [0.25, 0.3) is 0 Å². The first-order valence-electron chi connectivity index (χ1n) is 6.51. The molecule has 1 heterocycles. The Balaban J connectivity index is 0.00000200. The zero-order valence-corrected chi connectivity index (χ0v) is 14.1. The van der Waals surface area contributed by atoms with Crippen LogP contribution in [-0.4, -0.2) is 25.1 Å². The highest BCUT2D eigenvalue weighted by Gasteiger charge is 2.39. The van der Waals surface area contributed by atoms with Gasteiger partial charge in [-0.3, -0.25) is 4.79 Å². The maximum Gasteiger partial charge on any atom is 0.244 e. The smallest absolute Gasteiger partial charge is 0.244 e. The van der Waals surface area contributed by atoms with Crippen LogP contribution in [0.25, 0.3) is 0 Å². The predicted molar refractivity (Wildman–Crippen MR) is 86.8 cm³/mol. The van der Waals surface area contributed by atoms with Gasteiger partial charge in [0.2, 0.25) is 5.91 Å². The zero-order chi connectivity index (χ0) is 13.9. The number of rotatable bonds is 4. The Morgan fingerprint density at radius 1 is 1.55 bits per heavy atom. The molecule has 1 aromatic rings. The molecule has 1 amide bonds. The van der Waals surface area contributed by atoms with Gasteiger partial charge in [-0.15, -0.1) is 12.4 Å². The fraction of sp³-hybridized carbons (Fsp3) is 0.500. The average molecular weight is 364 g/mol. The molecule has 1 unspecified atom stereocenters. The molecule has 1 aliphatic heterocycles. The molecule has 0 saturated carbocycles. The molecule has 1 aromatic carbocycles. The molecule has 1 fully saturated rings. The number of hydrogen-bond acceptors (Lipinski definition) is 3. The molecule has 0 aromatic heterocycles. The van der Waals surface area contributed by atoms with Crippen molar-refractivity contribution in [1.29, 1.82) is 0 Å². The van der Waals surface area contributed by atoms with Gasteiger partial charge in [0.1, 0.15) is 5.75 Å². The van der Waals surface area contributed by atoms with E-state index >= 15 is 0 Å². The molecule has 1 aliphatic rings. The first kappa shape index (κ1) is 17.3. The lowest BCUT2D eigenvalue weighted by atomic mass is 9.93. The SMILES string of the molecule is CCC1(C(=O)Nc2ccc(Br)c(OC)c2)CCCN1.Cl. The largest absolute Gasteiger partial charge is 0.495 e. The molecule has 112 valence electrons. The molecule has 1 saturated heterocycles. The van der Waals surface area contributed by atoms with E-state index in [1.807, 2.05) is 25.1 Å². The van der Waals surface area contributed by atoms with Gasteiger partial charge < -0.3 is 15.4 Å². The van der Waals surface area contributed by atoms with Crippen LogP contribution in [0.3, 0.4) is 0 Å². The summed E-state index contributed by atoms with van der Waals surface area (Å²) in [6.45, 7) is 2.95. The summed E-state index contributed by atoms with van der Waals surface area (Å²) in [6, 6.07) is 5.55. The lowest BCUT2D eigenvalue weighted by molar-refractivity contribution is -0.122. The van der Waals surface area contributed by atoms with E-state index in [2.05, 4.69) is 26.6 Å². The third-order valence-corrected chi connectivity index (χ3v) is 4.35. The standard InChI is InChI=1S/C14H19BrN2O2.ClH/c1-3-14(7-4-8-16-14)13(18)17-10-5-6-11(15)12(9-10)19-2;/h5-6,9,16H,3-4,7-8H2,1-2H3,(H,17,18);1H. The van der Waals surface area contributed by atoms with Gasteiger partial charge in [-0.25, -0.2) is 0 Å². The highest BCUT2D eigenvalue weighted by molar-refractivity contribution is 9.10. The van der Waals surface area contributed by atoms with E-state index in [4.69, 9.17) is 4.74 Å². The zero-order valence-electron chi connectivity index (χ0n) is 11.7. The fourth-order valence-corrected chi connectivity index (χ4v) is 2.86. The van der Waals surface area contributed by atoms with Crippen LogP contribution in [0.5, 0.6) is 5.75 Å². The summed E-state index contributed by atoms with van der Waals surface area (Å²) >= 11 is 3.40. The molecule has 20 heavy (non-hydrogen) atoms. The monoisotopic (exact) mass is 362 g/mol. The Kier molecular flexibility index (Phi) is 6.30. The van der Waals surface area contributed by atoms with E-state index in [1.165, 1.54) is 0 Å². The molecule has 0 bridgehead atoms. The number of amides is 1. The first-order chi connectivity index (χ1) is 9.11. The summed E-state index contributed by atoms with van der Waals surface area (Å²) in [4.78, 5) is 12.4. The van der Waals surface area contributed by atoms with Crippen LogP contribution in [0, 0.1) is 0 Å². The normalized spacial score (nSPS) is 21.1. The van der Waals surface area contributed by atoms with E-state index in [9.17, 15) is 4.79 Å². The molecule has 0 aliphatic carbocycles. The summed E-state index contributed by atoms with van der Waals surface area (Å²) < 4.78 is 6.10. The molecule has 2 N–H and O–H groups in total. The van der Waals surface area contributed by atoms with E-state index < -0.39 is 5.54 Å². The van der Waals surface area contributed by atoms with E-state index in [0.29, 0.717) is 5.75 Å². The van der Waals surface area contributed by atoms with Crippen LogP contribution < -0.4 is 15.4 Å². The Labute approximate surface area is 134 Å². The Morgan fingerprint density at radius 2 is 2.30 bits per heavy atom. The van der Waals surface area contributed by atoms with E-state index in [0.717, 1.165) is 36.0 Å². The van der Waals surface area contributed by atoms with Gasteiger partial charge in [0.05, 0.1) is 17.1 Å². The van der Waals surface area contributed by atoms with Crippen LogP contribution in [0.2, 0.25) is 0 Å². The van der Waals surface area contributed by atoms with Crippen molar-refractivity contribution in [2.45, 2.75) is 31.7 Å². The summed E-state index contributed by atoms with van der Waals surface area (Å²) in [6.07, 6.45) is 2.74. The predicted octanol–water partition coefficient (Wildman–Crippen LogP) is 3.35. The molecule has 6 heteroatoms. The summed E-state index contributed by atoms with van der Waals surface area (Å²) in [5, 5.41) is 6.30. The lowest BCUT2D eigenvalue weighted by Gasteiger charge is -2.26. The third-order valence-electron chi connectivity index (χ3n) is 3.69. The number of nitrogens with one attached hydrogen (secondary N) is 2. The van der Waals surface area contributed by atoms with Gasteiger partial charge >= 0.3 is 0 Å². The number of hydrogen-bond donors (Lipinski definition) is 2. The molecule has 0 radical (unpaired) electrons. The summed E-state index contributed by atoms with van der Waals surface area (Å²) in [5.41, 5.74) is 0.340. The third kappa shape index (κ3) is 3.45. The number of methoxy groups -OCH3 is 1. The number of ether oxygens (including phenoxy) is 1. The topological polar surface area (TPSA) is 50.4 Å². The van der Waals surface area contributed by atoms with Crippen LogP contribution in [-0.2, 0) is 4.79 Å². The van der Waals surface area contributed by atoms with Crippen molar-refractivity contribution in [3.05, 3.63) is 22.7 Å². The molecule has 0 spiro atoms. The van der Waals surface area contributed by atoms with Crippen molar-refractivity contribution in [1.82, 2.24) is 5.32 Å². The highest BCUT2D eigenvalue weighted by Crippen LogP contribution is 2.29. The first-order valence-corrected chi connectivity index (χ1v) is 7.30. The Bertz CT molecular complexity index is 476. The maximum absolute atomic E-state index is 12.4. The van der Waals surface area contributed by atoms with Gasteiger partial charge in [-0.1, -0.05) is 6.92 Å². The number of anilines is 1. The van der Waals surface area contributed by atoms with Crippen molar-refractivity contribution in [3.63, 3.8) is 0 Å². The average Bonchev–Trinajstić information content (AvgIpc) is 2.91. The second kappa shape index (κ2) is 7.29. The van der Waals surface area contributed by atoms with Gasteiger partial charge in [0, 0.05) is 11.8 Å². The molecular formula is C14H20BrClN2O2. The number of carbonyl (C=O) groups excluding carboxylic acids is 1. The van der Waals surface area contributed by atoms with E-state index in [1.54, 1.807) is 7.11 Å². The molecular weight excluding hydrogens is 344 g/mol. The fourth-order valence-electron chi connectivity index (χ4n) is 2.45. The van der Waals surface area contributed by atoms with Gasteiger partial charge in [-0.2, -0.15) is 0 Å². The van der Waals surface area contributed by atoms with Crippen molar-refractivity contribution in [2.24, 2.45) is 0 Å². The number of carbonyl (C=O) groups is 1. The number of benzene rings is 1. The van der Waals surface area contributed by atoms with Crippen LogP contribution in [0.1, 0.15) is 26.2 Å². The van der Waals surface area contributed by atoms with Gasteiger partial charge in [-0.05, 0) is 53.9 Å². The minimum atomic E-state index is -0.416. The quantitative estimate of drug-likeness (QED) is 0.862. The minimum Gasteiger partial charge on any atom is -0.495 e. The van der Waals surface area contributed by atoms with Crippen LogP contribution >= 0.6 is 28.3 Å². The minimum absolute atomic E-state index is 0. The summed E-state index contributed by atoms with van der Waals surface area (Å²) in [7, 11) is 1.61. The number of halogens is 2. The van der Waals surface area contributed by atoms with Crippen molar-refractivity contribution in [2.75, 3.05) is 19.0 Å². The molecule has 1 atom stereocenters. The highest BCUT2D eigenvalue weighted by atomic mass is 79.9. The second-order valence-corrected chi connectivity index (χ2v) is 5.62. The van der Waals surface area contributed by atoms with Crippen molar-refractivity contribution >= 4 is 39.9 Å². The lowest BCUT2D eigenvalue weighted by Crippen LogP contribution is -2.50. The van der Waals surface area contributed by atoms with Gasteiger partial charge in [0.15, 0.2) is 0 Å². The molecule has 4 nitrogen and oxygen atoms in total. The van der Waals surface area contributed by atoms with Crippen LogP contribution in [0.4, 0.5) is 5.69 Å². The summed E-state index contributed by atoms with van der Waals surface area (Å²) in [5.74, 6) is 0.750. The van der Waals surface area contributed by atoms with E-state index in [-0.39, 0.29) is 18.3 Å². The Hall–Kier alpha value is -0.780. The van der Waals surface area contributed by atoms with Crippen molar-refractivity contribution < 1.29 is 9.53 Å². The second-order valence-electron chi connectivity index (χ2n) is 4.77. The Morgan fingerprint density at radius 3 is 2.85 bits per heavy atom.